The highest BCUT2D eigenvalue weighted by Crippen LogP contribution is 2.48. The molecular formula is C13H10BrN. The van der Waals surface area contributed by atoms with Crippen molar-refractivity contribution in [3.63, 3.8) is 0 Å². The van der Waals surface area contributed by atoms with Gasteiger partial charge in [0.15, 0.2) is 0 Å². The van der Waals surface area contributed by atoms with Gasteiger partial charge in [-0.2, -0.15) is 0 Å². The zero-order chi connectivity index (χ0) is 10.5. The fourth-order valence-electron chi connectivity index (χ4n) is 2.22. The van der Waals surface area contributed by atoms with Gasteiger partial charge in [0.05, 0.1) is 0 Å². The third kappa shape index (κ3) is 1.12. The Morgan fingerprint density at radius 2 is 1.20 bits per heavy atom. The predicted octanol–water partition coefficient (Wildman–Crippen LogP) is 3.22. The number of rotatable bonds is 0. The largest absolute Gasteiger partial charge is 0.309 e. The first-order valence-electron chi connectivity index (χ1n) is 4.88. The van der Waals surface area contributed by atoms with Crippen LogP contribution in [-0.4, -0.2) is 0 Å². The molecule has 15 heavy (non-hydrogen) atoms. The maximum Gasteiger partial charge on any atom is 0.124 e. The second kappa shape index (κ2) is 2.94. The van der Waals surface area contributed by atoms with E-state index in [-0.39, 0.29) is 0 Å². The zero-order valence-corrected chi connectivity index (χ0v) is 9.66. The Morgan fingerprint density at radius 1 is 0.800 bits per heavy atom. The lowest BCUT2D eigenvalue weighted by Crippen LogP contribution is -2.27. The van der Waals surface area contributed by atoms with Gasteiger partial charge in [-0.25, -0.2) is 0 Å². The fourth-order valence-corrected chi connectivity index (χ4v) is 2.91. The molecule has 3 rings (SSSR count). The van der Waals surface area contributed by atoms with Gasteiger partial charge in [-0.1, -0.05) is 64.5 Å². The van der Waals surface area contributed by atoms with Crippen molar-refractivity contribution in [1.29, 1.82) is 0 Å². The summed E-state index contributed by atoms with van der Waals surface area (Å²) in [5.41, 5.74) is 11.1. The first-order valence-corrected chi connectivity index (χ1v) is 5.68. The summed E-state index contributed by atoms with van der Waals surface area (Å²) in [5, 5.41) is 0. The van der Waals surface area contributed by atoms with Gasteiger partial charge in [0.2, 0.25) is 0 Å². The lowest BCUT2D eigenvalue weighted by Gasteiger charge is -2.18. The maximum absolute atomic E-state index is 6.32. The predicted molar refractivity (Wildman–Crippen MR) is 65.8 cm³/mol. The molecule has 1 aliphatic rings. The number of hydrogen-bond donors (Lipinski definition) is 1. The molecule has 0 spiro atoms. The Morgan fingerprint density at radius 3 is 1.67 bits per heavy atom. The third-order valence-electron chi connectivity index (χ3n) is 2.93. The topological polar surface area (TPSA) is 26.0 Å². The summed E-state index contributed by atoms with van der Waals surface area (Å²) in [6.07, 6.45) is 0. The molecule has 1 aliphatic carbocycles. The van der Waals surface area contributed by atoms with Gasteiger partial charge >= 0.3 is 0 Å². The molecule has 2 heteroatoms. The van der Waals surface area contributed by atoms with Gasteiger partial charge in [0.1, 0.15) is 4.45 Å². The lowest BCUT2D eigenvalue weighted by atomic mass is 10.1. The Balaban J connectivity index is 2.42. The summed E-state index contributed by atoms with van der Waals surface area (Å²) in [6.45, 7) is 0. The van der Waals surface area contributed by atoms with Crippen LogP contribution in [0.5, 0.6) is 0 Å². The van der Waals surface area contributed by atoms with Crippen LogP contribution in [0.15, 0.2) is 48.5 Å². The summed E-state index contributed by atoms with van der Waals surface area (Å²) in [5.74, 6) is 0. The van der Waals surface area contributed by atoms with E-state index >= 15 is 0 Å². The van der Waals surface area contributed by atoms with E-state index in [1.807, 2.05) is 24.3 Å². The van der Waals surface area contributed by atoms with Crippen LogP contribution in [0.4, 0.5) is 0 Å². The molecule has 0 bridgehead atoms. The molecule has 0 aromatic heterocycles. The molecule has 0 heterocycles. The van der Waals surface area contributed by atoms with Gasteiger partial charge < -0.3 is 5.73 Å². The number of benzene rings is 2. The quantitative estimate of drug-likeness (QED) is 0.571. The Kier molecular flexibility index (Phi) is 1.79. The summed E-state index contributed by atoms with van der Waals surface area (Å²) >= 11 is 3.62. The van der Waals surface area contributed by atoms with Crippen molar-refractivity contribution in [1.82, 2.24) is 0 Å². The SMILES string of the molecule is NC1(Br)c2ccccc2-c2ccccc21. The van der Waals surface area contributed by atoms with Crippen LogP contribution in [-0.2, 0) is 4.45 Å². The monoisotopic (exact) mass is 259 g/mol. The van der Waals surface area contributed by atoms with Crippen molar-refractivity contribution < 1.29 is 0 Å². The normalized spacial score (nSPS) is 15.9. The molecule has 74 valence electrons. The molecule has 0 saturated heterocycles. The molecule has 2 aromatic carbocycles. The molecule has 0 amide bonds. The van der Waals surface area contributed by atoms with Crippen molar-refractivity contribution in [2.45, 2.75) is 4.45 Å². The van der Waals surface area contributed by atoms with E-state index in [0.29, 0.717) is 0 Å². The van der Waals surface area contributed by atoms with Crippen LogP contribution < -0.4 is 5.73 Å². The summed E-state index contributed by atoms with van der Waals surface area (Å²) in [7, 11) is 0. The van der Waals surface area contributed by atoms with Gasteiger partial charge in [-0.15, -0.1) is 0 Å². The van der Waals surface area contributed by atoms with Crippen LogP contribution in [0.25, 0.3) is 11.1 Å². The molecule has 2 aromatic rings. The Bertz CT molecular complexity index is 484. The average molecular weight is 260 g/mol. The summed E-state index contributed by atoms with van der Waals surface area (Å²) in [4.78, 5) is 0. The Labute approximate surface area is 97.1 Å². The lowest BCUT2D eigenvalue weighted by molar-refractivity contribution is 0.838. The highest BCUT2D eigenvalue weighted by Gasteiger charge is 2.36. The first kappa shape index (κ1) is 9.13. The van der Waals surface area contributed by atoms with E-state index in [9.17, 15) is 0 Å². The van der Waals surface area contributed by atoms with E-state index in [1.165, 1.54) is 11.1 Å². The average Bonchev–Trinajstić information content (AvgIpc) is 2.51. The van der Waals surface area contributed by atoms with E-state index < -0.39 is 4.45 Å². The number of hydrogen-bond acceptors (Lipinski definition) is 1. The number of nitrogens with two attached hydrogens (primary N) is 1. The van der Waals surface area contributed by atoms with E-state index in [0.717, 1.165) is 11.1 Å². The molecule has 0 aliphatic heterocycles. The van der Waals surface area contributed by atoms with Crippen LogP contribution in [0.1, 0.15) is 11.1 Å². The Hall–Kier alpha value is -1.12. The number of alkyl halides is 1. The molecular weight excluding hydrogens is 250 g/mol. The second-order valence-corrected chi connectivity index (χ2v) is 5.05. The van der Waals surface area contributed by atoms with Crippen molar-refractivity contribution in [3.8, 4) is 11.1 Å². The van der Waals surface area contributed by atoms with Crippen LogP contribution in [0.2, 0.25) is 0 Å². The van der Waals surface area contributed by atoms with Crippen LogP contribution in [0.3, 0.4) is 0 Å². The fraction of sp³-hybridized carbons (Fsp3) is 0.0769. The van der Waals surface area contributed by atoms with Gasteiger partial charge in [0.25, 0.3) is 0 Å². The molecule has 0 unspecified atom stereocenters. The standard InChI is InChI=1S/C13H10BrN/c14-13(15)11-7-3-1-5-9(11)10-6-2-4-8-12(10)13/h1-8H,15H2. The molecule has 0 radical (unpaired) electrons. The molecule has 0 fully saturated rings. The van der Waals surface area contributed by atoms with Crippen molar-refractivity contribution in [3.05, 3.63) is 59.7 Å². The smallest absolute Gasteiger partial charge is 0.124 e. The van der Waals surface area contributed by atoms with E-state index in [4.69, 9.17) is 5.73 Å². The number of fused-ring (bicyclic) bond motifs is 3. The highest BCUT2D eigenvalue weighted by atomic mass is 79.9. The number of halogens is 1. The minimum atomic E-state index is -0.528. The van der Waals surface area contributed by atoms with Gasteiger partial charge in [0, 0.05) is 0 Å². The molecule has 2 N–H and O–H groups in total. The minimum Gasteiger partial charge on any atom is -0.309 e. The maximum atomic E-state index is 6.32. The van der Waals surface area contributed by atoms with Crippen molar-refractivity contribution in [2.24, 2.45) is 5.73 Å². The van der Waals surface area contributed by atoms with Crippen molar-refractivity contribution in [2.75, 3.05) is 0 Å². The van der Waals surface area contributed by atoms with Gasteiger partial charge in [-0.05, 0) is 22.3 Å². The molecule has 1 nitrogen and oxygen atoms in total. The minimum absolute atomic E-state index is 0.528. The summed E-state index contributed by atoms with van der Waals surface area (Å²) in [6, 6.07) is 16.5. The second-order valence-electron chi connectivity index (χ2n) is 3.80. The van der Waals surface area contributed by atoms with Gasteiger partial charge in [-0.3, -0.25) is 0 Å². The van der Waals surface area contributed by atoms with Crippen molar-refractivity contribution >= 4 is 15.9 Å². The van der Waals surface area contributed by atoms with E-state index in [2.05, 4.69) is 40.2 Å². The zero-order valence-electron chi connectivity index (χ0n) is 8.07. The summed E-state index contributed by atoms with van der Waals surface area (Å²) < 4.78 is -0.528. The van der Waals surface area contributed by atoms with E-state index in [1.54, 1.807) is 0 Å². The third-order valence-corrected chi connectivity index (χ3v) is 3.78. The first-order chi connectivity index (χ1) is 7.21. The van der Waals surface area contributed by atoms with Crippen LogP contribution >= 0.6 is 15.9 Å². The molecule has 0 saturated carbocycles. The molecule has 0 atom stereocenters. The highest BCUT2D eigenvalue weighted by molar-refractivity contribution is 9.09. The van der Waals surface area contributed by atoms with Crippen LogP contribution in [0, 0.1) is 0 Å².